The maximum absolute atomic E-state index is 13.3. The summed E-state index contributed by atoms with van der Waals surface area (Å²) in [5, 5.41) is 6.13. The summed E-state index contributed by atoms with van der Waals surface area (Å²) in [5.41, 5.74) is 1.19. The SMILES string of the molecule is COc1ccc(CNC(=O)/C(=C/c2ccc(SC(=S)N3CCOCC3)o2)NC(=O)c2ccccc2)c(OC)c1. The molecule has 2 heterocycles. The van der Waals surface area contributed by atoms with Gasteiger partial charge in [0.05, 0.1) is 27.4 Å². The predicted molar refractivity (Wildman–Crippen MR) is 153 cm³/mol. The van der Waals surface area contributed by atoms with Crippen LogP contribution in [0.5, 0.6) is 11.5 Å². The largest absolute Gasteiger partial charge is 0.497 e. The fraction of sp³-hybridized carbons (Fsp3) is 0.250. The smallest absolute Gasteiger partial charge is 0.268 e. The first-order valence-corrected chi connectivity index (χ1v) is 13.4. The number of thioether (sulfide) groups is 1. The third kappa shape index (κ3) is 7.85. The predicted octanol–water partition coefficient (Wildman–Crippen LogP) is 4.09. The van der Waals surface area contributed by atoms with Crippen molar-refractivity contribution in [2.45, 2.75) is 11.6 Å². The van der Waals surface area contributed by atoms with Crippen molar-refractivity contribution < 1.29 is 28.2 Å². The second-order valence-electron chi connectivity index (χ2n) is 8.36. The van der Waals surface area contributed by atoms with Crippen molar-refractivity contribution in [3.63, 3.8) is 0 Å². The van der Waals surface area contributed by atoms with Gasteiger partial charge in [-0.25, -0.2) is 0 Å². The molecule has 0 atom stereocenters. The maximum Gasteiger partial charge on any atom is 0.268 e. The molecule has 0 radical (unpaired) electrons. The molecule has 0 spiro atoms. The van der Waals surface area contributed by atoms with E-state index >= 15 is 0 Å². The molecule has 2 N–H and O–H groups in total. The summed E-state index contributed by atoms with van der Waals surface area (Å²) in [5.74, 6) is 0.678. The first-order valence-electron chi connectivity index (χ1n) is 12.2. The number of rotatable bonds is 9. The molecule has 2 aromatic carbocycles. The first kappa shape index (κ1) is 28.2. The minimum atomic E-state index is -0.494. The number of carbonyl (C=O) groups is 2. The van der Waals surface area contributed by atoms with E-state index in [2.05, 4.69) is 15.5 Å². The third-order valence-corrected chi connectivity index (χ3v) is 7.17. The molecule has 4 rings (SSSR count). The van der Waals surface area contributed by atoms with E-state index in [-0.39, 0.29) is 12.2 Å². The second kappa shape index (κ2) is 13.8. The van der Waals surface area contributed by atoms with Gasteiger partial charge >= 0.3 is 0 Å². The standard InChI is InChI=1S/C28H29N3O6S2/c1-34-21-9-8-20(24(17-21)35-2)18-29-27(33)23(30-26(32)19-6-4-3-5-7-19)16-22-10-11-25(37-22)39-28(38)31-12-14-36-15-13-31/h3-11,16-17H,12-15,18H2,1-2H3,(H,29,33)(H,30,32)/b23-16-. The topological polar surface area (TPSA) is 102 Å². The van der Waals surface area contributed by atoms with Gasteiger partial charge < -0.3 is 34.2 Å². The van der Waals surface area contributed by atoms with Gasteiger partial charge in [0.2, 0.25) is 0 Å². The summed E-state index contributed by atoms with van der Waals surface area (Å²) in [6.45, 7) is 2.89. The van der Waals surface area contributed by atoms with Crippen molar-refractivity contribution in [3.05, 3.63) is 83.2 Å². The number of ether oxygens (including phenoxy) is 3. The highest BCUT2D eigenvalue weighted by Crippen LogP contribution is 2.26. The van der Waals surface area contributed by atoms with Crippen LogP contribution in [-0.4, -0.2) is 61.6 Å². The van der Waals surface area contributed by atoms with Crippen LogP contribution in [0, 0.1) is 0 Å². The number of benzene rings is 2. The normalized spacial score (nSPS) is 13.5. The van der Waals surface area contributed by atoms with Crippen LogP contribution in [0.1, 0.15) is 21.7 Å². The van der Waals surface area contributed by atoms with Gasteiger partial charge in [-0.1, -0.05) is 30.4 Å². The maximum atomic E-state index is 13.3. The summed E-state index contributed by atoms with van der Waals surface area (Å²) < 4.78 is 22.6. The molecule has 1 saturated heterocycles. The Morgan fingerprint density at radius 2 is 1.82 bits per heavy atom. The summed E-state index contributed by atoms with van der Waals surface area (Å²) in [6, 6.07) is 17.5. The Kier molecular flexibility index (Phi) is 10.0. The minimum absolute atomic E-state index is 0.0259. The van der Waals surface area contributed by atoms with Gasteiger partial charge in [0.25, 0.3) is 11.8 Å². The number of morpholine rings is 1. The van der Waals surface area contributed by atoms with E-state index in [0.717, 1.165) is 18.7 Å². The van der Waals surface area contributed by atoms with Crippen LogP contribution in [-0.2, 0) is 16.1 Å². The molecule has 1 aliphatic heterocycles. The number of thiocarbonyl (C=S) groups is 1. The van der Waals surface area contributed by atoms with Crippen LogP contribution in [0.4, 0.5) is 0 Å². The molecule has 0 saturated carbocycles. The van der Waals surface area contributed by atoms with E-state index in [1.54, 1.807) is 68.8 Å². The summed E-state index contributed by atoms with van der Waals surface area (Å²) in [6.07, 6.45) is 1.49. The molecule has 0 unspecified atom stereocenters. The second-order valence-corrected chi connectivity index (χ2v) is 10.0. The lowest BCUT2D eigenvalue weighted by Gasteiger charge is -2.28. The van der Waals surface area contributed by atoms with Gasteiger partial charge in [0.15, 0.2) is 5.09 Å². The fourth-order valence-electron chi connectivity index (χ4n) is 3.72. The summed E-state index contributed by atoms with van der Waals surface area (Å²) in [4.78, 5) is 28.2. The number of carbonyl (C=O) groups excluding carboxylic acids is 2. The third-order valence-electron chi connectivity index (χ3n) is 5.81. The minimum Gasteiger partial charge on any atom is -0.497 e. The number of hydrogen-bond donors (Lipinski definition) is 2. The molecule has 11 heteroatoms. The van der Waals surface area contributed by atoms with Crippen molar-refractivity contribution in [2.24, 2.45) is 0 Å². The molecule has 0 aliphatic carbocycles. The van der Waals surface area contributed by atoms with E-state index in [4.69, 9.17) is 30.8 Å². The van der Waals surface area contributed by atoms with Gasteiger partial charge in [0, 0.05) is 42.9 Å². The van der Waals surface area contributed by atoms with E-state index < -0.39 is 11.8 Å². The van der Waals surface area contributed by atoms with E-state index in [9.17, 15) is 9.59 Å². The highest BCUT2D eigenvalue weighted by atomic mass is 32.2. The molecule has 9 nitrogen and oxygen atoms in total. The van der Waals surface area contributed by atoms with Crippen LogP contribution >= 0.6 is 24.0 Å². The zero-order chi connectivity index (χ0) is 27.6. The highest BCUT2D eigenvalue weighted by molar-refractivity contribution is 8.22. The fourth-order valence-corrected chi connectivity index (χ4v) is 4.90. The Balaban J connectivity index is 1.51. The first-order chi connectivity index (χ1) is 19.0. The lowest BCUT2D eigenvalue weighted by Crippen LogP contribution is -2.38. The van der Waals surface area contributed by atoms with Gasteiger partial charge in [-0.2, -0.15) is 0 Å². The van der Waals surface area contributed by atoms with Crippen LogP contribution in [0.3, 0.4) is 0 Å². The quantitative estimate of drug-likeness (QED) is 0.225. The van der Waals surface area contributed by atoms with Crippen LogP contribution < -0.4 is 20.1 Å². The molecule has 204 valence electrons. The average Bonchev–Trinajstić information content (AvgIpc) is 3.42. The molecule has 0 bridgehead atoms. The molecule has 3 aromatic rings. The molecule has 1 aliphatic rings. The Bertz CT molecular complexity index is 1340. The van der Waals surface area contributed by atoms with Gasteiger partial charge in [-0.3, -0.25) is 9.59 Å². The number of hydrogen-bond acceptors (Lipinski definition) is 8. The van der Waals surface area contributed by atoms with Crippen molar-refractivity contribution in [2.75, 3.05) is 40.5 Å². The van der Waals surface area contributed by atoms with Crippen LogP contribution in [0.25, 0.3) is 6.08 Å². The van der Waals surface area contributed by atoms with Crippen LogP contribution in [0.15, 0.2) is 75.9 Å². The van der Waals surface area contributed by atoms with Crippen molar-refractivity contribution in [1.82, 2.24) is 15.5 Å². The Labute approximate surface area is 236 Å². The number of furan rings is 1. The molecular weight excluding hydrogens is 538 g/mol. The highest BCUT2D eigenvalue weighted by Gasteiger charge is 2.18. The molecule has 1 fully saturated rings. The van der Waals surface area contributed by atoms with Gasteiger partial charge in [-0.05, 0) is 48.2 Å². The number of nitrogens with one attached hydrogen (secondary N) is 2. The zero-order valence-corrected chi connectivity index (χ0v) is 23.2. The van der Waals surface area contributed by atoms with Gasteiger partial charge in [0.1, 0.15) is 27.3 Å². The number of nitrogens with zero attached hydrogens (tertiary/aromatic N) is 1. The number of methoxy groups -OCH3 is 2. The van der Waals surface area contributed by atoms with Gasteiger partial charge in [-0.15, -0.1) is 0 Å². The monoisotopic (exact) mass is 567 g/mol. The molecule has 39 heavy (non-hydrogen) atoms. The zero-order valence-electron chi connectivity index (χ0n) is 21.6. The van der Waals surface area contributed by atoms with Crippen molar-refractivity contribution >= 4 is 46.2 Å². The molecular formula is C28H29N3O6S2. The van der Waals surface area contributed by atoms with Crippen molar-refractivity contribution in [3.8, 4) is 11.5 Å². The van der Waals surface area contributed by atoms with E-state index in [0.29, 0.717) is 45.4 Å². The molecule has 1 aromatic heterocycles. The lowest BCUT2D eigenvalue weighted by atomic mass is 10.1. The average molecular weight is 568 g/mol. The lowest BCUT2D eigenvalue weighted by molar-refractivity contribution is -0.117. The Morgan fingerprint density at radius 3 is 2.54 bits per heavy atom. The molecule has 2 amide bonds. The Morgan fingerprint density at radius 1 is 1.05 bits per heavy atom. The Hall–Kier alpha value is -3.80. The van der Waals surface area contributed by atoms with E-state index in [1.165, 1.54) is 17.8 Å². The van der Waals surface area contributed by atoms with Crippen LogP contribution in [0.2, 0.25) is 0 Å². The summed E-state index contributed by atoms with van der Waals surface area (Å²) >= 11 is 6.87. The van der Waals surface area contributed by atoms with E-state index in [1.807, 2.05) is 6.07 Å². The summed E-state index contributed by atoms with van der Waals surface area (Å²) in [7, 11) is 3.11. The number of amides is 2. The van der Waals surface area contributed by atoms with Crippen molar-refractivity contribution in [1.29, 1.82) is 0 Å².